The third kappa shape index (κ3) is 3.09. The van der Waals surface area contributed by atoms with Gasteiger partial charge in [-0.1, -0.05) is 5.16 Å². The first-order valence-electron chi connectivity index (χ1n) is 9.77. The van der Waals surface area contributed by atoms with Crippen molar-refractivity contribution in [2.75, 3.05) is 6.54 Å². The standard InChI is InChI=1S/C21H26N4O3/c1-11-9-15(14(4)27-11)17-10-16(19-13(3)24-28-20(19)23-17)21(26)25-8-6-5-7-18(25)12(2)22/h9-10,12,18H,5-8,22H2,1-4H3. The van der Waals surface area contributed by atoms with Gasteiger partial charge in [0.1, 0.15) is 11.5 Å². The van der Waals surface area contributed by atoms with Crippen LogP contribution in [0.2, 0.25) is 0 Å². The Kier molecular flexibility index (Phi) is 4.71. The summed E-state index contributed by atoms with van der Waals surface area (Å²) in [6.07, 6.45) is 3.00. The first-order valence-corrected chi connectivity index (χ1v) is 9.77. The van der Waals surface area contributed by atoms with Crippen molar-refractivity contribution >= 4 is 17.0 Å². The second-order valence-electron chi connectivity index (χ2n) is 7.75. The molecule has 0 aromatic carbocycles. The van der Waals surface area contributed by atoms with Crippen LogP contribution in [0.25, 0.3) is 22.4 Å². The van der Waals surface area contributed by atoms with E-state index >= 15 is 0 Å². The highest BCUT2D eigenvalue weighted by atomic mass is 16.5. The molecule has 0 radical (unpaired) electrons. The van der Waals surface area contributed by atoms with Crippen LogP contribution in [0, 0.1) is 20.8 Å². The molecule has 4 heterocycles. The lowest BCUT2D eigenvalue weighted by atomic mass is 9.95. The molecule has 0 saturated carbocycles. The number of nitrogens with zero attached hydrogens (tertiary/aromatic N) is 3. The molecular formula is C21H26N4O3. The number of piperidine rings is 1. The molecule has 7 heteroatoms. The molecule has 0 spiro atoms. The van der Waals surface area contributed by atoms with E-state index in [1.165, 1.54) is 0 Å². The Labute approximate surface area is 163 Å². The summed E-state index contributed by atoms with van der Waals surface area (Å²) in [5.74, 6) is 1.51. The maximum Gasteiger partial charge on any atom is 0.259 e. The predicted molar refractivity (Wildman–Crippen MR) is 106 cm³/mol. The van der Waals surface area contributed by atoms with Crippen LogP contribution >= 0.6 is 0 Å². The minimum Gasteiger partial charge on any atom is -0.466 e. The average Bonchev–Trinajstić information content (AvgIpc) is 3.22. The summed E-state index contributed by atoms with van der Waals surface area (Å²) < 4.78 is 11.1. The van der Waals surface area contributed by atoms with Crippen LogP contribution in [-0.2, 0) is 0 Å². The number of nitrogens with two attached hydrogens (primary N) is 1. The van der Waals surface area contributed by atoms with Crippen LogP contribution in [0.5, 0.6) is 0 Å². The van der Waals surface area contributed by atoms with Crippen molar-refractivity contribution in [1.82, 2.24) is 15.0 Å². The minimum atomic E-state index is -0.0802. The molecule has 0 bridgehead atoms. The highest BCUT2D eigenvalue weighted by Gasteiger charge is 2.32. The van der Waals surface area contributed by atoms with Crippen LogP contribution in [0.3, 0.4) is 0 Å². The number of aromatic nitrogens is 2. The fourth-order valence-corrected chi connectivity index (χ4v) is 4.20. The molecule has 4 rings (SSSR count). The monoisotopic (exact) mass is 382 g/mol. The van der Waals surface area contributed by atoms with Gasteiger partial charge in [-0.3, -0.25) is 4.79 Å². The molecule has 1 saturated heterocycles. The Morgan fingerprint density at radius 2 is 2.07 bits per heavy atom. The fourth-order valence-electron chi connectivity index (χ4n) is 4.20. The zero-order chi connectivity index (χ0) is 20.0. The Morgan fingerprint density at radius 3 is 2.75 bits per heavy atom. The number of furan rings is 1. The number of carbonyl (C=O) groups excluding carboxylic acids is 1. The van der Waals surface area contributed by atoms with Crippen LogP contribution in [0.15, 0.2) is 21.1 Å². The number of carbonyl (C=O) groups is 1. The van der Waals surface area contributed by atoms with Crippen molar-refractivity contribution in [3.8, 4) is 11.3 Å². The van der Waals surface area contributed by atoms with Crippen molar-refractivity contribution < 1.29 is 13.7 Å². The van der Waals surface area contributed by atoms with Gasteiger partial charge >= 0.3 is 0 Å². The lowest BCUT2D eigenvalue weighted by Crippen LogP contribution is -2.51. The molecule has 1 amide bonds. The molecule has 3 aromatic heterocycles. The van der Waals surface area contributed by atoms with Gasteiger partial charge in [-0.2, -0.15) is 0 Å². The zero-order valence-electron chi connectivity index (χ0n) is 16.8. The van der Waals surface area contributed by atoms with Crippen molar-refractivity contribution in [1.29, 1.82) is 0 Å². The second-order valence-corrected chi connectivity index (χ2v) is 7.75. The highest BCUT2D eigenvalue weighted by molar-refractivity contribution is 6.07. The Morgan fingerprint density at radius 1 is 1.29 bits per heavy atom. The number of fused-ring (bicyclic) bond motifs is 1. The van der Waals surface area contributed by atoms with E-state index in [0.717, 1.165) is 36.3 Å². The second kappa shape index (κ2) is 7.05. The molecule has 0 aliphatic carbocycles. The summed E-state index contributed by atoms with van der Waals surface area (Å²) >= 11 is 0. The molecule has 28 heavy (non-hydrogen) atoms. The van der Waals surface area contributed by atoms with Gasteiger partial charge in [0.05, 0.1) is 22.3 Å². The third-order valence-electron chi connectivity index (χ3n) is 5.58. The summed E-state index contributed by atoms with van der Waals surface area (Å²) in [5, 5.41) is 4.71. The molecular weight excluding hydrogens is 356 g/mol. The lowest BCUT2D eigenvalue weighted by molar-refractivity contribution is 0.0585. The van der Waals surface area contributed by atoms with Crippen LogP contribution < -0.4 is 5.73 Å². The molecule has 7 nitrogen and oxygen atoms in total. The molecule has 3 aromatic rings. The highest BCUT2D eigenvalue weighted by Crippen LogP contribution is 2.32. The van der Waals surface area contributed by atoms with Gasteiger partial charge < -0.3 is 19.6 Å². The molecule has 2 N–H and O–H groups in total. The van der Waals surface area contributed by atoms with Gasteiger partial charge in [-0.15, -0.1) is 0 Å². The molecule has 1 aliphatic heterocycles. The van der Waals surface area contributed by atoms with Gasteiger partial charge in [-0.05, 0) is 59.1 Å². The van der Waals surface area contributed by atoms with Crippen LogP contribution in [-0.4, -0.2) is 39.6 Å². The van der Waals surface area contributed by atoms with Gasteiger partial charge in [0.15, 0.2) is 0 Å². The summed E-state index contributed by atoms with van der Waals surface area (Å²) in [7, 11) is 0. The van der Waals surface area contributed by atoms with E-state index < -0.39 is 0 Å². The van der Waals surface area contributed by atoms with Crippen molar-refractivity contribution in [3.05, 3.63) is 34.9 Å². The summed E-state index contributed by atoms with van der Waals surface area (Å²) in [4.78, 5) is 20.1. The summed E-state index contributed by atoms with van der Waals surface area (Å²) in [6, 6.07) is 3.71. The fraction of sp³-hybridized carbons (Fsp3) is 0.476. The predicted octanol–water partition coefficient (Wildman–Crippen LogP) is 3.75. The smallest absolute Gasteiger partial charge is 0.259 e. The van der Waals surface area contributed by atoms with Gasteiger partial charge in [0.2, 0.25) is 0 Å². The maximum atomic E-state index is 13.6. The van der Waals surface area contributed by atoms with Crippen LogP contribution in [0.4, 0.5) is 0 Å². The van der Waals surface area contributed by atoms with Gasteiger partial charge in [0.25, 0.3) is 11.6 Å². The first-order chi connectivity index (χ1) is 13.4. The summed E-state index contributed by atoms with van der Waals surface area (Å²) in [6.45, 7) is 8.28. The largest absolute Gasteiger partial charge is 0.466 e. The average molecular weight is 382 g/mol. The number of rotatable bonds is 3. The van der Waals surface area contributed by atoms with Gasteiger partial charge in [-0.25, -0.2) is 4.98 Å². The van der Waals surface area contributed by atoms with E-state index in [1.54, 1.807) is 0 Å². The number of likely N-dealkylation sites (tertiary alicyclic amines) is 1. The number of hydrogen-bond acceptors (Lipinski definition) is 6. The Hall–Kier alpha value is -2.67. The topological polar surface area (TPSA) is 98.4 Å². The molecule has 148 valence electrons. The third-order valence-corrected chi connectivity index (χ3v) is 5.58. The first kappa shape index (κ1) is 18.7. The van der Waals surface area contributed by atoms with Crippen molar-refractivity contribution in [2.24, 2.45) is 5.73 Å². The van der Waals surface area contributed by atoms with Crippen molar-refractivity contribution in [3.63, 3.8) is 0 Å². The van der Waals surface area contributed by atoms with Gasteiger partial charge in [0, 0.05) is 24.2 Å². The number of pyridine rings is 1. The van der Waals surface area contributed by atoms with E-state index in [2.05, 4.69) is 10.1 Å². The molecule has 2 atom stereocenters. The number of aryl methyl sites for hydroxylation is 3. The van der Waals surface area contributed by atoms with E-state index in [1.807, 2.05) is 44.7 Å². The van der Waals surface area contributed by atoms with E-state index in [-0.39, 0.29) is 18.0 Å². The lowest BCUT2D eigenvalue weighted by Gasteiger charge is -2.38. The Balaban J connectivity index is 1.86. The molecule has 1 fully saturated rings. The van der Waals surface area contributed by atoms with Crippen molar-refractivity contribution in [2.45, 2.75) is 59.0 Å². The zero-order valence-corrected chi connectivity index (χ0v) is 16.8. The van der Waals surface area contributed by atoms with E-state index in [0.29, 0.717) is 34.6 Å². The SMILES string of the molecule is Cc1cc(-c2cc(C(=O)N3CCCCC3C(C)N)c3c(C)noc3n2)c(C)o1. The normalized spacial score (nSPS) is 18.6. The number of hydrogen-bond donors (Lipinski definition) is 1. The molecule has 1 aliphatic rings. The van der Waals surface area contributed by atoms with E-state index in [9.17, 15) is 4.79 Å². The van der Waals surface area contributed by atoms with Crippen LogP contribution in [0.1, 0.15) is 53.8 Å². The molecule has 2 unspecified atom stereocenters. The van der Waals surface area contributed by atoms with E-state index in [4.69, 9.17) is 14.7 Å². The maximum absolute atomic E-state index is 13.6. The summed E-state index contributed by atoms with van der Waals surface area (Å²) in [5.41, 5.74) is 9.28. The minimum absolute atomic E-state index is 0.0333. The Bertz CT molecular complexity index is 1030. The number of amides is 1. The quantitative estimate of drug-likeness (QED) is 0.741.